The van der Waals surface area contributed by atoms with Crippen LogP contribution in [0.2, 0.25) is 10.0 Å². The average Bonchev–Trinajstić information content (AvgIpc) is 2.85. The van der Waals surface area contributed by atoms with Gasteiger partial charge in [-0.3, -0.25) is 0 Å². The molecule has 1 fully saturated rings. The van der Waals surface area contributed by atoms with Gasteiger partial charge in [0.15, 0.2) is 0 Å². The number of β-amino-alcohol motifs (C(OH)–C–C–N with tert-alkyl or cyclic N) is 1. The van der Waals surface area contributed by atoms with E-state index in [-0.39, 0.29) is 12.1 Å². The molecular formula is C14H19Cl2NO3. The molecule has 2 N–H and O–H groups in total. The summed E-state index contributed by atoms with van der Waals surface area (Å²) in [7, 11) is 0. The molecule has 1 aliphatic rings. The molecule has 20 heavy (non-hydrogen) atoms. The number of nitrogens with one attached hydrogen (secondary N) is 1. The molecule has 0 aliphatic carbocycles. The van der Waals surface area contributed by atoms with E-state index in [2.05, 4.69) is 12.2 Å². The Morgan fingerprint density at radius 1 is 1.45 bits per heavy atom. The molecule has 1 saturated heterocycles. The Labute approximate surface area is 129 Å². The minimum absolute atomic E-state index is 0.0510. The molecule has 2 unspecified atom stereocenters. The van der Waals surface area contributed by atoms with E-state index in [1.54, 1.807) is 18.2 Å². The predicted molar refractivity (Wildman–Crippen MR) is 79.8 cm³/mol. The van der Waals surface area contributed by atoms with Crippen molar-refractivity contribution in [3.63, 3.8) is 0 Å². The predicted octanol–water partition coefficient (Wildman–Crippen LogP) is 2.50. The molecule has 2 atom stereocenters. The Morgan fingerprint density at radius 2 is 2.25 bits per heavy atom. The number of ether oxygens (including phenoxy) is 2. The quantitative estimate of drug-likeness (QED) is 0.846. The number of halogens is 2. The monoisotopic (exact) mass is 319 g/mol. The van der Waals surface area contributed by atoms with Crippen LogP contribution in [0.15, 0.2) is 18.2 Å². The number of aliphatic hydroxyl groups is 1. The van der Waals surface area contributed by atoms with Crippen LogP contribution in [0.4, 0.5) is 0 Å². The fraction of sp³-hybridized carbons (Fsp3) is 0.571. The second-order valence-electron chi connectivity index (χ2n) is 5.28. The van der Waals surface area contributed by atoms with Gasteiger partial charge in [0.25, 0.3) is 0 Å². The highest BCUT2D eigenvalue weighted by Gasteiger charge is 2.29. The molecule has 1 aliphatic heterocycles. The summed E-state index contributed by atoms with van der Waals surface area (Å²) in [6.07, 6.45) is 0.356. The van der Waals surface area contributed by atoms with Crippen molar-refractivity contribution < 1.29 is 14.6 Å². The van der Waals surface area contributed by atoms with Gasteiger partial charge in [0.05, 0.1) is 16.7 Å². The van der Waals surface area contributed by atoms with Crippen LogP contribution in [-0.2, 0) is 4.74 Å². The second-order valence-corrected chi connectivity index (χ2v) is 6.10. The minimum atomic E-state index is -0.595. The van der Waals surface area contributed by atoms with E-state index in [4.69, 9.17) is 32.7 Å². The van der Waals surface area contributed by atoms with E-state index in [9.17, 15) is 5.11 Å². The molecule has 1 heterocycles. The summed E-state index contributed by atoms with van der Waals surface area (Å²) in [6, 6.07) is 5.03. The first kappa shape index (κ1) is 15.9. The lowest BCUT2D eigenvalue weighted by molar-refractivity contribution is 0.0944. The Morgan fingerprint density at radius 3 is 2.90 bits per heavy atom. The van der Waals surface area contributed by atoms with Crippen molar-refractivity contribution in [3.05, 3.63) is 28.2 Å². The lowest BCUT2D eigenvalue weighted by Gasteiger charge is -2.25. The molecule has 0 spiro atoms. The van der Waals surface area contributed by atoms with Gasteiger partial charge in [-0.25, -0.2) is 0 Å². The Balaban J connectivity index is 1.74. The van der Waals surface area contributed by atoms with Gasteiger partial charge in [-0.2, -0.15) is 0 Å². The van der Waals surface area contributed by atoms with E-state index in [1.165, 1.54) is 0 Å². The molecule has 0 amide bonds. The summed E-state index contributed by atoms with van der Waals surface area (Å²) in [6.45, 7) is 4.18. The zero-order valence-corrected chi connectivity index (χ0v) is 12.9. The number of hydrogen-bond donors (Lipinski definition) is 2. The van der Waals surface area contributed by atoms with Gasteiger partial charge < -0.3 is 19.9 Å². The van der Waals surface area contributed by atoms with Crippen LogP contribution < -0.4 is 10.1 Å². The molecule has 1 aromatic rings. The summed E-state index contributed by atoms with van der Waals surface area (Å²) in [5, 5.41) is 14.2. The number of rotatable bonds is 6. The van der Waals surface area contributed by atoms with Gasteiger partial charge >= 0.3 is 0 Å². The fourth-order valence-corrected chi connectivity index (χ4v) is 2.28. The van der Waals surface area contributed by atoms with Gasteiger partial charge in [0.2, 0.25) is 0 Å². The first-order valence-corrected chi connectivity index (χ1v) is 7.33. The molecule has 6 heteroatoms. The van der Waals surface area contributed by atoms with E-state index < -0.39 is 6.10 Å². The van der Waals surface area contributed by atoms with Crippen LogP contribution in [0.25, 0.3) is 0 Å². The van der Waals surface area contributed by atoms with Gasteiger partial charge in [-0.1, -0.05) is 23.2 Å². The molecule has 0 saturated carbocycles. The minimum Gasteiger partial charge on any atom is -0.491 e. The summed E-state index contributed by atoms with van der Waals surface area (Å²) in [5.74, 6) is 0.592. The van der Waals surface area contributed by atoms with E-state index in [0.717, 1.165) is 13.0 Å². The van der Waals surface area contributed by atoms with Crippen molar-refractivity contribution >= 4 is 23.2 Å². The van der Waals surface area contributed by atoms with Crippen LogP contribution in [0, 0.1) is 0 Å². The summed E-state index contributed by atoms with van der Waals surface area (Å²) < 4.78 is 10.8. The molecular weight excluding hydrogens is 301 g/mol. The maximum absolute atomic E-state index is 9.92. The Kier molecular flexibility index (Phi) is 5.52. The Hall–Kier alpha value is -0.520. The van der Waals surface area contributed by atoms with Crippen LogP contribution in [0.3, 0.4) is 0 Å². The van der Waals surface area contributed by atoms with Crippen molar-refractivity contribution in [2.24, 2.45) is 0 Å². The maximum Gasteiger partial charge on any atom is 0.121 e. The number of hydrogen-bond acceptors (Lipinski definition) is 4. The van der Waals surface area contributed by atoms with Crippen molar-refractivity contribution in [2.75, 3.05) is 26.4 Å². The second kappa shape index (κ2) is 6.96. The van der Waals surface area contributed by atoms with Crippen molar-refractivity contribution in [1.82, 2.24) is 5.32 Å². The molecule has 0 bridgehead atoms. The Bertz CT molecular complexity index is 450. The summed E-state index contributed by atoms with van der Waals surface area (Å²) >= 11 is 11.7. The van der Waals surface area contributed by atoms with Crippen molar-refractivity contribution in [2.45, 2.75) is 25.0 Å². The van der Waals surface area contributed by atoms with E-state index in [0.29, 0.717) is 28.9 Å². The first-order valence-electron chi connectivity index (χ1n) is 6.57. The lowest BCUT2D eigenvalue weighted by atomic mass is 10.0. The van der Waals surface area contributed by atoms with Crippen LogP contribution in [0.1, 0.15) is 13.3 Å². The molecule has 0 radical (unpaired) electrons. The zero-order valence-electron chi connectivity index (χ0n) is 11.4. The van der Waals surface area contributed by atoms with Gasteiger partial charge in [0.1, 0.15) is 18.5 Å². The summed E-state index contributed by atoms with van der Waals surface area (Å²) in [4.78, 5) is 0. The SMILES string of the molecule is CC1(NCC(O)COc2ccc(Cl)c(Cl)c2)CCOC1. The smallest absolute Gasteiger partial charge is 0.121 e. The molecule has 4 nitrogen and oxygen atoms in total. The zero-order chi connectivity index (χ0) is 14.6. The fourth-order valence-electron chi connectivity index (χ4n) is 1.99. The molecule has 1 aromatic carbocycles. The standard InChI is InChI=1S/C14H19Cl2NO3/c1-14(4-5-19-9-14)17-7-10(18)8-20-11-2-3-12(15)13(16)6-11/h2-3,6,10,17-18H,4-5,7-9H2,1H3. The largest absolute Gasteiger partial charge is 0.491 e. The molecule has 2 rings (SSSR count). The van der Waals surface area contributed by atoms with Crippen LogP contribution in [-0.4, -0.2) is 43.1 Å². The van der Waals surface area contributed by atoms with E-state index >= 15 is 0 Å². The van der Waals surface area contributed by atoms with Gasteiger partial charge in [-0.15, -0.1) is 0 Å². The number of benzene rings is 1. The molecule has 112 valence electrons. The maximum atomic E-state index is 9.92. The highest BCUT2D eigenvalue weighted by molar-refractivity contribution is 6.42. The van der Waals surface area contributed by atoms with Crippen molar-refractivity contribution in [3.8, 4) is 5.75 Å². The third-order valence-electron chi connectivity index (χ3n) is 3.32. The van der Waals surface area contributed by atoms with E-state index in [1.807, 2.05) is 0 Å². The first-order chi connectivity index (χ1) is 9.48. The van der Waals surface area contributed by atoms with Gasteiger partial charge in [0, 0.05) is 24.8 Å². The lowest BCUT2D eigenvalue weighted by Crippen LogP contribution is -2.47. The highest BCUT2D eigenvalue weighted by Crippen LogP contribution is 2.26. The molecule has 0 aromatic heterocycles. The normalized spacial score (nSPS) is 23.8. The summed E-state index contributed by atoms with van der Waals surface area (Å²) in [5.41, 5.74) is -0.0510. The van der Waals surface area contributed by atoms with Crippen LogP contribution >= 0.6 is 23.2 Å². The van der Waals surface area contributed by atoms with Gasteiger partial charge in [-0.05, 0) is 25.5 Å². The van der Waals surface area contributed by atoms with Crippen molar-refractivity contribution in [1.29, 1.82) is 0 Å². The third kappa shape index (κ3) is 4.50. The number of aliphatic hydroxyl groups excluding tert-OH is 1. The topological polar surface area (TPSA) is 50.7 Å². The average molecular weight is 320 g/mol. The highest BCUT2D eigenvalue weighted by atomic mass is 35.5. The third-order valence-corrected chi connectivity index (χ3v) is 4.06. The van der Waals surface area contributed by atoms with Crippen LogP contribution in [0.5, 0.6) is 5.75 Å².